The Balaban J connectivity index is 3.06. The summed E-state index contributed by atoms with van der Waals surface area (Å²) in [7, 11) is 1.40. The zero-order valence-corrected chi connectivity index (χ0v) is 13.3. The summed E-state index contributed by atoms with van der Waals surface area (Å²) < 4.78 is 32.9. The van der Waals surface area contributed by atoms with Crippen LogP contribution in [0.4, 0.5) is 8.78 Å². The van der Waals surface area contributed by atoms with Crippen LogP contribution in [-0.2, 0) is 0 Å². The van der Waals surface area contributed by atoms with Gasteiger partial charge < -0.3 is 4.74 Å². The van der Waals surface area contributed by atoms with Crippen molar-refractivity contribution < 1.29 is 13.5 Å². The first-order valence-electron chi connectivity index (χ1n) is 6.72. The van der Waals surface area contributed by atoms with Gasteiger partial charge >= 0.3 is 0 Å². The van der Waals surface area contributed by atoms with Gasteiger partial charge in [-0.05, 0) is 18.8 Å². The van der Waals surface area contributed by atoms with Crippen molar-refractivity contribution in [3.05, 3.63) is 29.3 Å². The molecule has 0 saturated carbocycles. The highest BCUT2D eigenvalue weighted by atomic mass is 79.9. The van der Waals surface area contributed by atoms with Crippen LogP contribution < -0.4 is 4.74 Å². The van der Waals surface area contributed by atoms with Crippen molar-refractivity contribution in [2.45, 2.75) is 44.4 Å². The zero-order valence-electron chi connectivity index (χ0n) is 11.7. The average molecular weight is 335 g/mol. The van der Waals surface area contributed by atoms with Gasteiger partial charge in [-0.2, -0.15) is 0 Å². The molecule has 0 aromatic heterocycles. The number of methoxy groups -OCH3 is 1. The van der Waals surface area contributed by atoms with Crippen molar-refractivity contribution in [1.29, 1.82) is 0 Å². The molecule has 1 nitrogen and oxygen atoms in total. The first kappa shape index (κ1) is 16.4. The molecule has 0 aliphatic carbocycles. The molecule has 19 heavy (non-hydrogen) atoms. The average Bonchev–Trinajstić information content (AvgIpc) is 2.37. The van der Waals surface area contributed by atoms with E-state index in [0.717, 1.165) is 25.7 Å². The molecule has 1 unspecified atom stereocenters. The molecular weight excluding hydrogens is 314 g/mol. The summed E-state index contributed by atoms with van der Waals surface area (Å²) in [6.07, 6.45) is 3.92. The highest BCUT2D eigenvalue weighted by molar-refractivity contribution is 9.09. The van der Waals surface area contributed by atoms with E-state index < -0.39 is 11.6 Å². The van der Waals surface area contributed by atoms with E-state index in [9.17, 15) is 8.78 Å². The van der Waals surface area contributed by atoms with E-state index in [2.05, 4.69) is 29.8 Å². The summed E-state index contributed by atoms with van der Waals surface area (Å²) in [5.74, 6) is -0.639. The van der Waals surface area contributed by atoms with Gasteiger partial charge in [0.1, 0.15) is 17.4 Å². The van der Waals surface area contributed by atoms with E-state index in [4.69, 9.17) is 4.74 Å². The fourth-order valence-corrected chi connectivity index (χ4v) is 3.32. The Morgan fingerprint density at radius 1 is 1.11 bits per heavy atom. The Labute approximate surface area is 122 Å². The van der Waals surface area contributed by atoms with Crippen molar-refractivity contribution in [3.63, 3.8) is 0 Å². The van der Waals surface area contributed by atoms with Gasteiger partial charge in [-0.3, -0.25) is 0 Å². The Hall–Kier alpha value is -0.640. The third kappa shape index (κ3) is 4.16. The van der Waals surface area contributed by atoms with Crippen LogP contribution in [0.15, 0.2) is 12.1 Å². The van der Waals surface area contributed by atoms with E-state index >= 15 is 0 Å². The fourth-order valence-electron chi connectivity index (χ4n) is 2.36. The van der Waals surface area contributed by atoms with Gasteiger partial charge in [0.15, 0.2) is 0 Å². The van der Waals surface area contributed by atoms with E-state index in [1.165, 1.54) is 19.2 Å². The number of ether oxygens (including phenoxy) is 1. The molecule has 108 valence electrons. The second-order valence-electron chi connectivity index (χ2n) is 4.74. The summed E-state index contributed by atoms with van der Waals surface area (Å²) in [5, 5.41) is 0. The quantitative estimate of drug-likeness (QED) is 0.587. The summed E-state index contributed by atoms with van der Waals surface area (Å²) in [6, 6.07) is 2.48. The second-order valence-corrected chi connectivity index (χ2v) is 5.73. The molecule has 1 aromatic carbocycles. The van der Waals surface area contributed by atoms with E-state index in [-0.39, 0.29) is 22.1 Å². The Morgan fingerprint density at radius 3 is 1.95 bits per heavy atom. The van der Waals surface area contributed by atoms with E-state index in [1.807, 2.05) is 0 Å². The maximum Gasteiger partial charge on any atom is 0.134 e. The molecule has 0 aliphatic rings. The Morgan fingerprint density at radius 2 is 1.58 bits per heavy atom. The third-order valence-corrected chi connectivity index (χ3v) is 4.50. The lowest BCUT2D eigenvalue weighted by molar-refractivity contribution is 0.395. The van der Waals surface area contributed by atoms with E-state index in [1.54, 1.807) is 0 Å². The topological polar surface area (TPSA) is 9.23 Å². The molecule has 1 rings (SSSR count). The molecule has 0 saturated heterocycles. The lowest BCUT2D eigenvalue weighted by Crippen LogP contribution is -2.11. The van der Waals surface area contributed by atoms with Crippen LogP contribution in [0.1, 0.15) is 49.9 Å². The summed E-state index contributed by atoms with van der Waals surface area (Å²) in [5.41, 5.74) is 0.118. The number of benzene rings is 1. The first-order valence-corrected chi connectivity index (χ1v) is 7.63. The largest absolute Gasteiger partial charge is 0.497 e. The third-order valence-electron chi connectivity index (χ3n) is 3.30. The van der Waals surface area contributed by atoms with Crippen molar-refractivity contribution in [2.24, 2.45) is 5.92 Å². The van der Waals surface area contributed by atoms with Crippen LogP contribution in [0.5, 0.6) is 5.75 Å². The number of hydrogen-bond acceptors (Lipinski definition) is 1. The normalized spacial score (nSPS) is 12.8. The molecular formula is C15H21BrF2O. The molecule has 0 N–H and O–H groups in total. The summed E-state index contributed by atoms with van der Waals surface area (Å²) >= 11 is 3.48. The maximum absolute atomic E-state index is 14.0. The lowest BCUT2D eigenvalue weighted by atomic mass is 9.90. The molecule has 0 radical (unpaired) electrons. The van der Waals surface area contributed by atoms with Crippen LogP contribution >= 0.6 is 15.9 Å². The minimum Gasteiger partial charge on any atom is -0.497 e. The van der Waals surface area contributed by atoms with Crippen molar-refractivity contribution in [2.75, 3.05) is 7.11 Å². The predicted molar refractivity (Wildman–Crippen MR) is 77.9 cm³/mol. The monoisotopic (exact) mass is 334 g/mol. The van der Waals surface area contributed by atoms with Gasteiger partial charge in [-0.15, -0.1) is 0 Å². The number of halogens is 3. The summed E-state index contributed by atoms with van der Waals surface area (Å²) in [4.78, 5) is -0.293. The van der Waals surface area contributed by atoms with Crippen LogP contribution in [-0.4, -0.2) is 7.11 Å². The standard InChI is InChI=1S/C15H21BrF2O/c1-4-6-10(7-5-2)15(16)14-12(17)8-11(19-3)9-13(14)18/h8-10,15H,4-7H2,1-3H3. The van der Waals surface area contributed by atoms with Crippen LogP contribution in [0.3, 0.4) is 0 Å². The SMILES string of the molecule is CCCC(CCC)C(Br)c1c(F)cc(OC)cc1F. The van der Waals surface area contributed by atoms with Crippen molar-refractivity contribution in [1.82, 2.24) is 0 Å². The molecule has 0 heterocycles. The maximum atomic E-state index is 14.0. The first-order chi connectivity index (χ1) is 9.04. The number of hydrogen-bond donors (Lipinski definition) is 0. The van der Waals surface area contributed by atoms with Gasteiger partial charge in [0.2, 0.25) is 0 Å². The number of rotatable bonds is 7. The van der Waals surface area contributed by atoms with Gasteiger partial charge in [0.05, 0.1) is 7.11 Å². The van der Waals surface area contributed by atoms with Crippen LogP contribution in [0.25, 0.3) is 0 Å². The Kier molecular flexibility index (Phi) is 6.76. The predicted octanol–water partition coefficient (Wildman–Crippen LogP) is 5.63. The zero-order chi connectivity index (χ0) is 14.4. The van der Waals surface area contributed by atoms with Gasteiger partial charge in [0, 0.05) is 22.5 Å². The minimum absolute atomic E-state index is 0.118. The van der Waals surface area contributed by atoms with Gasteiger partial charge in [-0.25, -0.2) is 8.78 Å². The smallest absolute Gasteiger partial charge is 0.134 e. The minimum atomic E-state index is -0.545. The second kappa shape index (κ2) is 7.83. The fraction of sp³-hybridized carbons (Fsp3) is 0.600. The lowest BCUT2D eigenvalue weighted by Gasteiger charge is -2.23. The molecule has 0 fully saturated rings. The van der Waals surface area contributed by atoms with Gasteiger partial charge in [0.25, 0.3) is 0 Å². The molecule has 0 bridgehead atoms. The summed E-state index contributed by atoms with van der Waals surface area (Å²) in [6.45, 7) is 4.17. The highest BCUT2D eigenvalue weighted by Crippen LogP contribution is 2.40. The Bertz CT molecular complexity index is 380. The van der Waals surface area contributed by atoms with Crippen molar-refractivity contribution >= 4 is 15.9 Å². The van der Waals surface area contributed by atoms with Gasteiger partial charge in [-0.1, -0.05) is 42.6 Å². The van der Waals surface area contributed by atoms with Crippen molar-refractivity contribution in [3.8, 4) is 5.75 Å². The molecule has 0 amide bonds. The van der Waals surface area contributed by atoms with E-state index in [0.29, 0.717) is 0 Å². The molecule has 1 atom stereocenters. The molecule has 0 spiro atoms. The number of alkyl halides is 1. The van der Waals surface area contributed by atoms with Crippen LogP contribution in [0.2, 0.25) is 0 Å². The van der Waals surface area contributed by atoms with Crippen LogP contribution in [0, 0.1) is 17.6 Å². The molecule has 0 aliphatic heterocycles. The molecule has 1 aromatic rings. The highest BCUT2D eigenvalue weighted by Gasteiger charge is 2.25. The molecule has 4 heteroatoms.